The molecule has 1 fully saturated rings. The van der Waals surface area contributed by atoms with Crippen molar-refractivity contribution in [2.45, 2.75) is 65.2 Å². The van der Waals surface area contributed by atoms with Crippen molar-refractivity contribution < 1.29 is 0 Å². The van der Waals surface area contributed by atoms with Gasteiger partial charge in [0.15, 0.2) is 0 Å². The lowest BCUT2D eigenvalue weighted by atomic mass is 9.76. The van der Waals surface area contributed by atoms with Crippen LogP contribution in [0.3, 0.4) is 0 Å². The molecule has 15 heavy (non-hydrogen) atoms. The molecular weight excluding hydrogens is 182 g/mol. The van der Waals surface area contributed by atoms with E-state index >= 15 is 0 Å². The van der Waals surface area contributed by atoms with Gasteiger partial charge in [0.25, 0.3) is 0 Å². The highest BCUT2D eigenvalue weighted by Gasteiger charge is 2.22. The van der Waals surface area contributed by atoms with Crippen LogP contribution in [-0.2, 0) is 0 Å². The Kier molecular flexibility index (Phi) is 7.08. The van der Waals surface area contributed by atoms with E-state index in [1.807, 2.05) is 0 Å². The van der Waals surface area contributed by atoms with E-state index in [2.05, 4.69) is 19.2 Å². The van der Waals surface area contributed by atoms with Crippen molar-refractivity contribution in [3.05, 3.63) is 0 Å². The van der Waals surface area contributed by atoms with Crippen LogP contribution in [0.25, 0.3) is 0 Å². The van der Waals surface area contributed by atoms with E-state index in [4.69, 9.17) is 0 Å². The van der Waals surface area contributed by atoms with Gasteiger partial charge in [-0.15, -0.1) is 0 Å². The van der Waals surface area contributed by atoms with Crippen molar-refractivity contribution in [1.82, 2.24) is 5.32 Å². The summed E-state index contributed by atoms with van der Waals surface area (Å²) in [4.78, 5) is 0. The molecule has 0 aromatic carbocycles. The Morgan fingerprint density at radius 3 is 2.40 bits per heavy atom. The summed E-state index contributed by atoms with van der Waals surface area (Å²) in [7, 11) is 0. The zero-order valence-corrected chi connectivity index (χ0v) is 10.7. The third kappa shape index (κ3) is 5.01. The van der Waals surface area contributed by atoms with Crippen LogP contribution in [0.1, 0.15) is 65.2 Å². The molecule has 0 aromatic heterocycles. The van der Waals surface area contributed by atoms with E-state index in [0.717, 1.165) is 11.8 Å². The van der Waals surface area contributed by atoms with Crippen molar-refractivity contribution >= 4 is 0 Å². The first kappa shape index (κ1) is 13.0. The van der Waals surface area contributed by atoms with Gasteiger partial charge in [-0.05, 0) is 44.2 Å². The summed E-state index contributed by atoms with van der Waals surface area (Å²) in [5.41, 5.74) is 0. The molecule has 2 unspecified atom stereocenters. The molecule has 1 rings (SSSR count). The SMILES string of the molecule is CCCNCCCC1CCCCC1CC. The monoisotopic (exact) mass is 211 g/mol. The second-order valence-electron chi connectivity index (χ2n) is 5.11. The Balaban J connectivity index is 2.07. The average Bonchev–Trinajstić information content (AvgIpc) is 2.29. The van der Waals surface area contributed by atoms with E-state index in [1.54, 1.807) is 0 Å². The number of hydrogen-bond donors (Lipinski definition) is 1. The van der Waals surface area contributed by atoms with Gasteiger partial charge in [0.1, 0.15) is 0 Å². The summed E-state index contributed by atoms with van der Waals surface area (Å²) in [6.45, 7) is 7.04. The fourth-order valence-electron chi connectivity index (χ4n) is 2.99. The Hall–Kier alpha value is -0.0400. The second kappa shape index (κ2) is 8.15. The number of hydrogen-bond acceptors (Lipinski definition) is 1. The van der Waals surface area contributed by atoms with Gasteiger partial charge in [-0.25, -0.2) is 0 Å². The smallest absolute Gasteiger partial charge is 0.00488 e. The van der Waals surface area contributed by atoms with Gasteiger partial charge in [-0.3, -0.25) is 0 Å². The highest BCUT2D eigenvalue weighted by molar-refractivity contribution is 4.74. The maximum atomic E-state index is 3.51. The van der Waals surface area contributed by atoms with Crippen molar-refractivity contribution in [2.75, 3.05) is 13.1 Å². The van der Waals surface area contributed by atoms with Gasteiger partial charge >= 0.3 is 0 Å². The van der Waals surface area contributed by atoms with Crippen LogP contribution in [0.5, 0.6) is 0 Å². The molecule has 0 radical (unpaired) electrons. The van der Waals surface area contributed by atoms with Crippen LogP contribution in [0.15, 0.2) is 0 Å². The minimum absolute atomic E-state index is 1.05. The summed E-state index contributed by atoms with van der Waals surface area (Å²) in [6, 6.07) is 0. The largest absolute Gasteiger partial charge is 0.317 e. The number of nitrogens with one attached hydrogen (secondary N) is 1. The summed E-state index contributed by atoms with van der Waals surface area (Å²) in [5.74, 6) is 2.09. The lowest BCUT2D eigenvalue weighted by Gasteiger charge is -2.30. The average molecular weight is 211 g/mol. The fraction of sp³-hybridized carbons (Fsp3) is 1.00. The van der Waals surface area contributed by atoms with E-state index in [9.17, 15) is 0 Å². The van der Waals surface area contributed by atoms with Gasteiger partial charge in [-0.1, -0.05) is 46.0 Å². The van der Waals surface area contributed by atoms with Gasteiger partial charge < -0.3 is 5.32 Å². The van der Waals surface area contributed by atoms with Crippen LogP contribution >= 0.6 is 0 Å². The van der Waals surface area contributed by atoms with Gasteiger partial charge in [0, 0.05) is 0 Å². The van der Waals surface area contributed by atoms with Crippen LogP contribution < -0.4 is 5.32 Å². The Morgan fingerprint density at radius 1 is 1.00 bits per heavy atom. The van der Waals surface area contributed by atoms with Gasteiger partial charge in [0.2, 0.25) is 0 Å². The van der Waals surface area contributed by atoms with Crippen molar-refractivity contribution in [3.8, 4) is 0 Å². The van der Waals surface area contributed by atoms with Gasteiger partial charge in [-0.2, -0.15) is 0 Å². The molecule has 90 valence electrons. The van der Waals surface area contributed by atoms with Crippen molar-refractivity contribution in [2.24, 2.45) is 11.8 Å². The van der Waals surface area contributed by atoms with Crippen LogP contribution in [-0.4, -0.2) is 13.1 Å². The molecule has 0 saturated heterocycles. The Bertz CT molecular complexity index is 144. The summed E-state index contributed by atoms with van der Waals surface area (Å²) >= 11 is 0. The van der Waals surface area contributed by atoms with Crippen LogP contribution in [0.4, 0.5) is 0 Å². The minimum Gasteiger partial charge on any atom is -0.317 e. The number of rotatable bonds is 7. The molecule has 0 aliphatic heterocycles. The lowest BCUT2D eigenvalue weighted by molar-refractivity contribution is 0.214. The third-order valence-corrected chi connectivity index (χ3v) is 3.95. The molecule has 0 heterocycles. The van der Waals surface area contributed by atoms with Crippen LogP contribution in [0, 0.1) is 11.8 Å². The highest BCUT2D eigenvalue weighted by atomic mass is 14.8. The molecule has 0 spiro atoms. The summed E-state index contributed by atoms with van der Waals surface area (Å²) < 4.78 is 0. The Morgan fingerprint density at radius 2 is 1.73 bits per heavy atom. The summed E-state index contributed by atoms with van der Waals surface area (Å²) in [6.07, 6.45) is 11.5. The first-order chi connectivity index (χ1) is 7.38. The lowest BCUT2D eigenvalue weighted by Crippen LogP contribution is -2.21. The maximum Gasteiger partial charge on any atom is -0.00488 e. The van der Waals surface area contributed by atoms with E-state index in [-0.39, 0.29) is 0 Å². The molecule has 0 amide bonds. The molecule has 1 aliphatic carbocycles. The first-order valence-corrected chi connectivity index (χ1v) is 7.09. The minimum atomic E-state index is 1.05. The zero-order chi connectivity index (χ0) is 10.9. The predicted molar refractivity (Wildman–Crippen MR) is 68.1 cm³/mol. The third-order valence-electron chi connectivity index (χ3n) is 3.95. The predicted octanol–water partition coefficient (Wildman–Crippen LogP) is 3.98. The molecule has 0 bridgehead atoms. The molecule has 2 atom stereocenters. The summed E-state index contributed by atoms with van der Waals surface area (Å²) in [5, 5.41) is 3.51. The quantitative estimate of drug-likeness (QED) is 0.628. The zero-order valence-electron chi connectivity index (χ0n) is 10.7. The first-order valence-electron chi connectivity index (χ1n) is 7.09. The second-order valence-corrected chi connectivity index (χ2v) is 5.11. The normalized spacial score (nSPS) is 26.8. The topological polar surface area (TPSA) is 12.0 Å². The molecule has 1 aliphatic rings. The Labute approximate surface area is 96.0 Å². The highest BCUT2D eigenvalue weighted by Crippen LogP contribution is 2.34. The molecule has 1 heteroatoms. The van der Waals surface area contributed by atoms with E-state index in [0.29, 0.717) is 0 Å². The molecule has 1 N–H and O–H groups in total. The van der Waals surface area contributed by atoms with Crippen LogP contribution in [0.2, 0.25) is 0 Å². The van der Waals surface area contributed by atoms with E-state index in [1.165, 1.54) is 64.5 Å². The molecule has 1 saturated carbocycles. The van der Waals surface area contributed by atoms with Crippen molar-refractivity contribution in [3.63, 3.8) is 0 Å². The molecule has 1 nitrogen and oxygen atoms in total. The van der Waals surface area contributed by atoms with Gasteiger partial charge in [0.05, 0.1) is 0 Å². The molecule has 0 aromatic rings. The fourth-order valence-corrected chi connectivity index (χ4v) is 2.99. The molecular formula is C14H29N. The maximum absolute atomic E-state index is 3.51. The van der Waals surface area contributed by atoms with E-state index < -0.39 is 0 Å². The standard InChI is InChI=1S/C14H29N/c1-3-11-15-12-7-10-14-9-6-5-8-13(14)4-2/h13-15H,3-12H2,1-2H3. The van der Waals surface area contributed by atoms with Crippen molar-refractivity contribution in [1.29, 1.82) is 0 Å².